The fourth-order valence-corrected chi connectivity index (χ4v) is 5.54. The molecule has 3 aromatic rings. The molecule has 0 unspecified atom stereocenters. The summed E-state index contributed by atoms with van der Waals surface area (Å²) in [5, 5.41) is 1.10. The minimum atomic E-state index is -0.323. The summed E-state index contributed by atoms with van der Waals surface area (Å²) in [5.41, 5.74) is 4.81. The van der Waals surface area contributed by atoms with Crippen LogP contribution < -0.4 is 0 Å². The Morgan fingerprint density at radius 3 is 2.09 bits per heavy atom. The fraction of sp³-hybridized carbons (Fsp3) is 0.286. The van der Waals surface area contributed by atoms with Gasteiger partial charge in [0, 0.05) is 66.4 Å². The second-order valence-corrected chi connectivity index (χ2v) is 8.98. The van der Waals surface area contributed by atoms with Crippen LogP contribution in [-0.2, 0) is 20.9 Å². The van der Waals surface area contributed by atoms with E-state index in [1.54, 1.807) is 0 Å². The molecule has 1 aliphatic heterocycles. The molecule has 0 saturated carbocycles. The lowest BCUT2D eigenvalue weighted by molar-refractivity contribution is -0.117. The lowest BCUT2D eigenvalue weighted by atomic mass is 9.73. The van der Waals surface area contributed by atoms with Crippen molar-refractivity contribution in [1.82, 2.24) is 4.57 Å². The zero-order chi connectivity index (χ0) is 21.7. The summed E-state index contributed by atoms with van der Waals surface area (Å²) in [7, 11) is 0. The van der Waals surface area contributed by atoms with Crippen molar-refractivity contribution in [2.75, 3.05) is 0 Å². The van der Waals surface area contributed by atoms with Crippen molar-refractivity contribution >= 4 is 22.5 Å². The Morgan fingerprint density at radius 2 is 1.41 bits per heavy atom. The molecule has 0 spiro atoms. The van der Waals surface area contributed by atoms with Gasteiger partial charge in [0.05, 0.1) is 0 Å². The molecule has 0 amide bonds. The van der Waals surface area contributed by atoms with E-state index in [2.05, 4.69) is 47.2 Å². The summed E-state index contributed by atoms with van der Waals surface area (Å²) in [4.78, 5) is 26.3. The number of carbonyl (C=O) groups excluding carboxylic acids is 2. The van der Waals surface area contributed by atoms with Crippen LogP contribution in [0.25, 0.3) is 10.9 Å². The predicted octanol–water partition coefficient (Wildman–Crippen LogP) is 5.82. The first-order valence-electron chi connectivity index (χ1n) is 11.5. The number of allylic oxidation sites excluding steroid dienone is 4. The molecule has 2 aliphatic carbocycles. The molecule has 0 atom stereocenters. The first-order chi connectivity index (χ1) is 15.7. The van der Waals surface area contributed by atoms with Crippen LogP contribution in [0, 0.1) is 0 Å². The minimum Gasteiger partial charge on any atom is -0.465 e. The Hall–Kier alpha value is -3.40. The van der Waals surface area contributed by atoms with Gasteiger partial charge in [0.2, 0.25) is 0 Å². The highest BCUT2D eigenvalue weighted by molar-refractivity contribution is 6.07. The van der Waals surface area contributed by atoms with E-state index in [9.17, 15) is 9.59 Å². The number of Topliss-reactive ketones (excluding diaryl/α,β-unsaturated/α-hetero) is 2. The molecule has 32 heavy (non-hydrogen) atoms. The Balaban J connectivity index is 1.57. The Bertz CT molecular complexity index is 1270. The van der Waals surface area contributed by atoms with E-state index in [4.69, 9.17) is 4.74 Å². The van der Waals surface area contributed by atoms with E-state index in [1.807, 2.05) is 18.2 Å². The maximum Gasteiger partial charge on any atom is 0.163 e. The van der Waals surface area contributed by atoms with Gasteiger partial charge in [0.25, 0.3) is 0 Å². The van der Waals surface area contributed by atoms with Gasteiger partial charge in [-0.1, -0.05) is 48.5 Å². The summed E-state index contributed by atoms with van der Waals surface area (Å²) >= 11 is 0. The normalized spacial score (nSPS) is 19.2. The molecule has 4 nitrogen and oxygen atoms in total. The number of hydrogen-bond donors (Lipinski definition) is 0. The van der Waals surface area contributed by atoms with Gasteiger partial charge in [-0.2, -0.15) is 0 Å². The zero-order valence-corrected chi connectivity index (χ0v) is 18.0. The summed E-state index contributed by atoms with van der Waals surface area (Å²) in [5.74, 6) is 1.51. The van der Waals surface area contributed by atoms with Crippen molar-refractivity contribution in [3.05, 3.63) is 94.6 Å². The number of hydrogen-bond acceptors (Lipinski definition) is 3. The van der Waals surface area contributed by atoms with E-state index in [0.29, 0.717) is 24.0 Å². The maximum absolute atomic E-state index is 13.1. The highest BCUT2D eigenvalue weighted by Crippen LogP contribution is 2.49. The zero-order valence-electron chi connectivity index (χ0n) is 18.0. The van der Waals surface area contributed by atoms with Crippen molar-refractivity contribution in [2.45, 2.75) is 51.0 Å². The third kappa shape index (κ3) is 3.05. The SMILES string of the molecule is O=C1CCCC2=C1C(c1cn(Cc3ccccc3)c3ccccc13)C1=C(CCCC1=O)O2. The smallest absolute Gasteiger partial charge is 0.163 e. The molecule has 0 fully saturated rings. The number of ketones is 2. The topological polar surface area (TPSA) is 48.3 Å². The molecule has 0 saturated heterocycles. The van der Waals surface area contributed by atoms with Gasteiger partial charge in [0.15, 0.2) is 11.6 Å². The summed E-state index contributed by atoms with van der Waals surface area (Å²) in [6.45, 7) is 0.740. The summed E-state index contributed by atoms with van der Waals surface area (Å²) in [6, 6.07) is 18.7. The standard InChI is InChI=1S/C28H25NO3/c30-22-12-6-14-24-27(22)26(28-23(31)13-7-15-25(28)32-24)20-17-29(16-18-8-2-1-3-9-18)21-11-5-4-10-19(20)21/h1-5,8-11,17,26H,6-7,12-16H2. The first kappa shape index (κ1) is 19.3. The van der Waals surface area contributed by atoms with Gasteiger partial charge in [-0.25, -0.2) is 0 Å². The number of benzene rings is 2. The predicted molar refractivity (Wildman–Crippen MR) is 123 cm³/mol. The van der Waals surface area contributed by atoms with Crippen molar-refractivity contribution in [1.29, 1.82) is 0 Å². The summed E-state index contributed by atoms with van der Waals surface area (Å²) in [6.07, 6.45) is 6.38. The van der Waals surface area contributed by atoms with Crippen LogP contribution >= 0.6 is 0 Å². The van der Waals surface area contributed by atoms with Gasteiger partial charge in [-0.15, -0.1) is 0 Å². The van der Waals surface area contributed by atoms with Gasteiger partial charge in [-0.3, -0.25) is 9.59 Å². The molecule has 0 N–H and O–H groups in total. The molecule has 6 rings (SSSR count). The Labute approximate surface area is 187 Å². The van der Waals surface area contributed by atoms with Crippen LogP contribution in [0.2, 0.25) is 0 Å². The molecule has 3 aliphatic rings. The molecule has 1 aromatic heterocycles. The monoisotopic (exact) mass is 423 g/mol. The number of ether oxygens (including phenoxy) is 1. The van der Waals surface area contributed by atoms with Crippen molar-refractivity contribution in [3.63, 3.8) is 0 Å². The molecular formula is C28H25NO3. The number of aromatic nitrogens is 1. The van der Waals surface area contributed by atoms with Gasteiger partial charge < -0.3 is 9.30 Å². The highest BCUT2D eigenvalue weighted by Gasteiger charge is 2.42. The average Bonchev–Trinajstić information content (AvgIpc) is 3.17. The minimum absolute atomic E-state index is 0.126. The van der Waals surface area contributed by atoms with Crippen LogP contribution in [0.1, 0.15) is 55.6 Å². The molecular weight excluding hydrogens is 398 g/mol. The third-order valence-corrected chi connectivity index (χ3v) is 6.97. The quantitative estimate of drug-likeness (QED) is 0.533. The molecule has 160 valence electrons. The molecule has 4 heteroatoms. The number of para-hydroxylation sites is 1. The van der Waals surface area contributed by atoms with Crippen LogP contribution in [0.3, 0.4) is 0 Å². The third-order valence-electron chi connectivity index (χ3n) is 6.97. The fourth-order valence-electron chi connectivity index (χ4n) is 5.54. The summed E-state index contributed by atoms with van der Waals surface area (Å²) < 4.78 is 8.46. The lowest BCUT2D eigenvalue weighted by Gasteiger charge is -2.35. The second kappa shape index (κ2) is 7.63. The van der Waals surface area contributed by atoms with Crippen LogP contribution in [0.4, 0.5) is 0 Å². The van der Waals surface area contributed by atoms with Crippen LogP contribution in [-0.4, -0.2) is 16.1 Å². The van der Waals surface area contributed by atoms with Crippen molar-refractivity contribution in [2.24, 2.45) is 0 Å². The van der Waals surface area contributed by atoms with E-state index in [1.165, 1.54) is 5.56 Å². The molecule has 0 bridgehead atoms. The first-order valence-corrected chi connectivity index (χ1v) is 11.5. The van der Waals surface area contributed by atoms with E-state index in [-0.39, 0.29) is 17.5 Å². The van der Waals surface area contributed by atoms with E-state index < -0.39 is 0 Å². The maximum atomic E-state index is 13.1. The number of rotatable bonds is 3. The van der Waals surface area contributed by atoms with E-state index >= 15 is 0 Å². The highest BCUT2D eigenvalue weighted by atomic mass is 16.5. The Kier molecular flexibility index (Phi) is 4.60. The Morgan fingerprint density at radius 1 is 0.781 bits per heavy atom. The van der Waals surface area contributed by atoms with Gasteiger partial charge >= 0.3 is 0 Å². The lowest BCUT2D eigenvalue weighted by Crippen LogP contribution is -2.30. The van der Waals surface area contributed by atoms with Crippen molar-refractivity contribution in [3.8, 4) is 0 Å². The van der Waals surface area contributed by atoms with Crippen molar-refractivity contribution < 1.29 is 14.3 Å². The van der Waals surface area contributed by atoms with Crippen LogP contribution in [0.15, 0.2) is 83.5 Å². The molecule has 2 aromatic carbocycles. The van der Waals surface area contributed by atoms with Crippen LogP contribution in [0.5, 0.6) is 0 Å². The number of nitrogens with zero attached hydrogens (tertiary/aromatic N) is 1. The van der Waals surface area contributed by atoms with Gasteiger partial charge in [0.1, 0.15) is 11.5 Å². The van der Waals surface area contributed by atoms with Gasteiger partial charge in [-0.05, 0) is 30.0 Å². The van der Waals surface area contributed by atoms with E-state index in [0.717, 1.165) is 60.2 Å². The largest absolute Gasteiger partial charge is 0.465 e. The number of carbonyl (C=O) groups is 2. The number of fused-ring (bicyclic) bond motifs is 1. The second-order valence-electron chi connectivity index (χ2n) is 8.98. The molecule has 0 radical (unpaired) electrons. The molecule has 2 heterocycles. The average molecular weight is 424 g/mol.